The zero-order chi connectivity index (χ0) is 20.5. The number of anilines is 1. The van der Waals surface area contributed by atoms with Crippen LogP contribution in [0.3, 0.4) is 0 Å². The molecule has 1 amide bonds. The third-order valence-corrected chi connectivity index (χ3v) is 5.94. The van der Waals surface area contributed by atoms with Crippen molar-refractivity contribution in [3.05, 3.63) is 12.7 Å². The van der Waals surface area contributed by atoms with E-state index in [0.29, 0.717) is 11.2 Å². The van der Waals surface area contributed by atoms with Gasteiger partial charge in [0.2, 0.25) is 5.91 Å². The van der Waals surface area contributed by atoms with Gasteiger partial charge >= 0.3 is 0 Å². The molecule has 0 bridgehead atoms. The SMILES string of the molecule is Nc1ncnc2c1ncn2[C@@H]1O[C@H](CNC(=O)[C@@H](N)C2CCCCC2)[C@@H](O)[C@H]1O. The number of nitrogens with one attached hydrogen (secondary N) is 1. The molecule has 4 rings (SSSR count). The lowest BCUT2D eigenvalue weighted by Crippen LogP contribution is -2.49. The number of hydrogen-bond donors (Lipinski definition) is 5. The minimum atomic E-state index is -1.22. The van der Waals surface area contributed by atoms with Crippen LogP contribution < -0.4 is 16.8 Å². The van der Waals surface area contributed by atoms with Crippen LogP contribution in [0.25, 0.3) is 11.2 Å². The van der Waals surface area contributed by atoms with Crippen molar-refractivity contribution in [2.45, 2.75) is 62.7 Å². The number of hydrogen-bond acceptors (Lipinski definition) is 9. The number of fused-ring (bicyclic) bond motifs is 1. The maximum atomic E-state index is 12.4. The summed E-state index contributed by atoms with van der Waals surface area (Å²) in [7, 11) is 0. The Hall–Kier alpha value is -2.34. The van der Waals surface area contributed by atoms with Crippen LogP contribution in [0.4, 0.5) is 5.82 Å². The Bertz CT molecular complexity index is 869. The number of carbonyl (C=O) groups is 1. The van der Waals surface area contributed by atoms with Gasteiger partial charge in [-0.1, -0.05) is 19.3 Å². The minimum absolute atomic E-state index is 0.0394. The van der Waals surface area contributed by atoms with Crippen LogP contribution in [-0.2, 0) is 9.53 Å². The van der Waals surface area contributed by atoms with Gasteiger partial charge in [0.25, 0.3) is 0 Å². The summed E-state index contributed by atoms with van der Waals surface area (Å²) in [5.74, 6) is 0.125. The molecule has 1 saturated heterocycles. The molecule has 3 heterocycles. The second-order valence-electron chi connectivity index (χ2n) is 7.80. The van der Waals surface area contributed by atoms with Crippen molar-refractivity contribution in [1.82, 2.24) is 24.8 Å². The normalized spacial score (nSPS) is 29.2. The van der Waals surface area contributed by atoms with Crippen molar-refractivity contribution in [3.63, 3.8) is 0 Å². The minimum Gasteiger partial charge on any atom is -0.387 e. The molecule has 1 saturated carbocycles. The number of imidazole rings is 1. The van der Waals surface area contributed by atoms with E-state index in [-0.39, 0.29) is 24.2 Å². The molecule has 0 unspecified atom stereocenters. The lowest BCUT2D eigenvalue weighted by Gasteiger charge is -2.27. The molecule has 11 heteroatoms. The smallest absolute Gasteiger partial charge is 0.237 e. The fourth-order valence-electron chi connectivity index (χ4n) is 4.21. The van der Waals surface area contributed by atoms with E-state index in [0.717, 1.165) is 25.7 Å². The number of aromatic nitrogens is 4. The Morgan fingerprint density at radius 3 is 2.76 bits per heavy atom. The van der Waals surface area contributed by atoms with Crippen molar-refractivity contribution in [2.24, 2.45) is 11.7 Å². The van der Waals surface area contributed by atoms with E-state index in [1.54, 1.807) is 0 Å². The fraction of sp³-hybridized carbons (Fsp3) is 0.667. The van der Waals surface area contributed by atoms with E-state index in [2.05, 4.69) is 20.3 Å². The molecular weight excluding hydrogens is 378 g/mol. The molecule has 2 aliphatic rings. The number of amides is 1. The zero-order valence-electron chi connectivity index (χ0n) is 16.0. The van der Waals surface area contributed by atoms with Gasteiger partial charge in [-0.3, -0.25) is 9.36 Å². The molecule has 2 aromatic rings. The van der Waals surface area contributed by atoms with Gasteiger partial charge < -0.3 is 31.7 Å². The lowest BCUT2D eigenvalue weighted by atomic mass is 9.84. The number of nitrogens with zero attached hydrogens (tertiary/aromatic N) is 4. The van der Waals surface area contributed by atoms with E-state index in [9.17, 15) is 15.0 Å². The van der Waals surface area contributed by atoms with Crippen molar-refractivity contribution in [3.8, 4) is 0 Å². The molecule has 0 aromatic carbocycles. The molecule has 5 atom stereocenters. The number of rotatable bonds is 5. The van der Waals surface area contributed by atoms with Crippen LogP contribution in [-0.4, -0.2) is 66.5 Å². The summed E-state index contributed by atoms with van der Waals surface area (Å²) in [6.45, 7) is 0.0394. The fourth-order valence-corrected chi connectivity index (χ4v) is 4.21. The Balaban J connectivity index is 1.41. The first kappa shape index (κ1) is 20.0. The largest absolute Gasteiger partial charge is 0.387 e. The summed E-state index contributed by atoms with van der Waals surface area (Å²) in [6, 6.07) is -0.577. The standard InChI is InChI=1S/C18H27N7O4/c19-11(9-4-2-1-3-5-9)17(28)21-6-10-13(26)14(27)18(29-10)25-8-24-12-15(20)22-7-23-16(12)25/h7-11,13-14,18,26-27H,1-6,19H2,(H,21,28)(H2,20,22,23)/t10-,11+,13-,14-,18-/m1/s1. The Morgan fingerprint density at radius 1 is 1.24 bits per heavy atom. The first-order chi connectivity index (χ1) is 14.0. The van der Waals surface area contributed by atoms with E-state index in [1.807, 2.05) is 0 Å². The van der Waals surface area contributed by atoms with Crippen LogP contribution in [0, 0.1) is 5.92 Å². The molecule has 1 aliphatic heterocycles. The molecule has 2 fully saturated rings. The summed E-state index contributed by atoms with van der Waals surface area (Å²) >= 11 is 0. The van der Waals surface area contributed by atoms with Gasteiger partial charge in [-0.15, -0.1) is 0 Å². The molecule has 0 spiro atoms. The number of aliphatic hydroxyl groups excluding tert-OH is 2. The number of carbonyl (C=O) groups excluding carboxylic acids is 1. The second-order valence-corrected chi connectivity index (χ2v) is 7.80. The Morgan fingerprint density at radius 2 is 2.00 bits per heavy atom. The van der Waals surface area contributed by atoms with E-state index >= 15 is 0 Å². The van der Waals surface area contributed by atoms with Crippen LogP contribution >= 0.6 is 0 Å². The monoisotopic (exact) mass is 405 g/mol. The van der Waals surface area contributed by atoms with Gasteiger partial charge in [-0.25, -0.2) is 15.0 Å². The van der Waals surface area contributed by atoms with Crippen LogP contribution in [0.1, 0.15) is 38.3 Å². The molecule has 29 heavy (non-hydrogen) atoms. The molecular formula is C18H27N7O4. The van der Waals surface area contributed by atoms with E-state index < -0.39 is 30.6 Å². The highest BCUT2D eigenvalue weighted by molar-refractivity contribution is 5.82. The highest BCUT2D eigenvalue weighted by Crippen LogP contribution is 2.32. The van der Waals surface area contributed by atoms with Gasteiger partial charge in [0.05, 0.1) is 12.4 Å². The summed E-state index contributed by atoms with van der Waals surface area (Å²) in [4.78, 5) is 24.6. The predicted octanol–water partition coefficient (Wildman–Crippen LogP) is -0.948. The summed E-state index contributed by atoms with van der Waals surface area (Å²) in [6.07, 6.45) is 3.87. The summed E-state index contributed by atoms with van der Waals surface area (Å²) in [5.41, 5.74) is 12.7. The molecule has 1 aliphatic carbocycles. The number of aliphatic hydroxyl groups is 2. The van der Waals surface area contributed by atoms with Crippen molar-refractivity contribution < 1.29 is 19.7 Å². The molecule has 0 radical (unpaired) electrons. The number of nitrogens with two attached hydrogens (primary N) is 2. The van der Waals surface area contributed by atoms with Gasteiger partial charge in [-0.05, 0) is 18.8 Å². The van der Waals surface area contributed by atoms with Crippen LogP contribution in [0.5, 0.6) is 0 Å². The number of ether oxygens (including phenoxy) is 1. The Kier molecular flexibility index (Phi) is 5.63. The van der Waals surface area contributed by atoms with Crippen molar-refractivity contribution >= 4 is 22.9 Å². The highest BCUT2D eigenvalue weighted by Gasteiger charge is 2.44. The first-order valence-corrected chi connectivity index (χ1v) is 9.95. The van der Waals surface area contributed by atoms with Gasteiger partial charge in [-0.2, -0.15) is 0 Å². The van der Waals surface area contributed by atoms with Crippen LogP contribution in [0.15, 0.2) is 12.7 Å². The Labute approximate surface area is 167 Å². The highest BCUT2D eigenvalue weighted by atomic mass is 16.6. The quantitative estimate of drug-likeness (QED) is 0.420. The van der Waals surface area contributed by atoms with Gasteiger partial charge in [0.1, 0.15) is 30.2 Å². The van der Waals surface area contributed by atoms with Crippen LogP contribution in [0.2, 0.25) is 0 Å². The third-order valence-electron chi connectivity index (χ3n) is 5.94. The van der Waals surface area contributed by atoms with Gasteiger partial charge in [0, 0.05) is 6.54 Å². The average molecular weight is 405 g/mol. The maximum absolute atomic E-state index is 12.4. The molecule has 7 N–H and O–H groups in total. The first-order valence-electron chi connectivity index (χ1n) is 9.95. The zero-order valence-corrected chi connectivity index (χ0v) is 16.0. The van der Waals surface area contributed by atoms with E-state index in [1.165, 1.54) is 23.6 Å². The third kappa shape index (κ3) is 3.78. The molecule has 2 aromatic heterocycles. The average Bonchev–Trinajstić information content (AvgIpc) is 3.29. The van der Waals surface area contributed by atoms with Crippen molar-refractivity contribution in [2.75, 3.05) is 12.3 Å². The lowest BCUT2D eigenvalue weighted by molar-refractivity contribution is -0.124. The van der Waals surface area contributed by atoms with E-state index in [4.69, 9.17) is 16.2 Å². The molecule has 11 nitrogen and oxygen atoms in total. The number of nitrogen functional groups attached to an aromatic ring is 1. The predicted molar refractivity (Wildman–Crippen MR) is 103 cm³/mol. The van der Waals surface area contributed by atoms with Crippen molar-refractivity contribution in [1.29, 1.82) is 0 Å². The maximum Gasteiger partial charge on any atom is 0.237 e. The topological polar surface area (TPSA) is 174 Å². The second kappa shape index (κ2) is 8.19. The summed E-state index contributed by atoms with van der Waals surface area (Å²) in [5, 5.41) is 23.6. The summed E-state index contributed by atoms with van der Waals surface area (Å²) < 4.78 is 7.32. The van der Waals surface area contributed by atoms with Gasteiger partial charge in [0.15, 0.2) is 17.7 Å². The molecule has 158 valence electrons.